The molecule has 0 amide bonds. The molecule has 5 heteroatoms. The number of pyridine rings is 1. The van der Waals surface area contributed by atoms with Crippen LogP contribution in [-0.4, -0.2) is 29.7 Å². The maximum absolute atomic E-state index is 10.6. The Kier molecular flexibility index (Phi) is 2.82. The zero-order valence-corrected chi connectivity index (χ0v) is 9.42. The number of carboxylic acids is 1. The van der Waals surface area contributed by atoms with E-state index in [1.807, 2.05) is 18.2 Å². The van der Waals surface area contributed by atoms with Crippen LogP contribution in [0.4, 0.5) is 11.5 Å². The number of nitrogens with two attached hydrogens (primary N) is 1. The number of hydrogen-bond acceptors (Lipinski definition) is 4. The summed E-state index contributed by atoms with van der Waals surface area (Å²) in [6.07, 6.45) is 0. The number of rotatable bonds is 3. The van der Waals surface area contributed by atoms with Crippen molar-refractivity contribution in [1.82, 2.24) is 4.98 Å². The van der Waals surface area contributed by atoms with Crippen molar-refractivity contribution in [2.45, 2.75) is 0 Å². The monoisotopic (exact) mass is 231 g/mol. The molecule has 1 aromatic carbocycles. The normalized spacial score (nSPS) is 10.4. The van der Waals surface area contributed by atoms with Crippen molar-refractivity contribution in [3.05, 3.63) is 30.3 Å². The van der Waals surface area contributed by atoms with Gasteiger partial charge in [0.25, 0.3) is 0 Å². The smallest absolute Gasteiger partial charge is 0.323 e. The molecule has 0 saturated heterocycles. The summed E-state index contributed by atoms with van der Waals surface area (Å²) in [5, 5.41) is 9.65. The number of anilines is 2. The molecular weight excluding hydrogens is 218 g/mol. The molecule has 0 aliphatic rings. The first-order valence-electron chi connectivity index (χ1n) is 5.15. The number of hydrogen-bond donors (Lipinski definition) is 2. The van der Waals surface area contributed by atoms with Gasteiger partial charge in [-0.3, -0.25) is 4.79 Å². The number of nitrogen functional groups attached to an aromatic ring is 1. The first-order valence-corrected chi connectivity index (χ1v) is 5.15. The number of likely N-dealkylation sites (N-methyl/N-ethyl adjacent to an activating group) is 1. The quantitative estimate of drug-likeness (QED) is 0.779. The van der Waals surface area contributed by atoms with Gasteiger partial charge >= 0.3 is 5.97 Å². The van der Waals surface area contributed by atoms with Crippen LogP contribution >= 0.6 is 0 Å². The van der Waals surface area contributed by atoms with Crippen molar-refractivity contribution in [2.24, 2.45) is 0 Å². The van der Waals surface area contributed by atoms with E-state index in [9.17, 15) is 4.79 Å². The number of aromatic nitrogens is 1. The van der Waals surface area contributed by atoms with E-state index in [1.165, 1.54) is 0 Å². The van der Waals surface area contributed by atoms with E-state index < -0.39 is 5.97 Å². The van der Waals surface area contributed by atoms with Gasteiger partial charge in [-0.2, -0.15) is 0 Å². The third kappa shape index (κ3) is 2.44. The third-order valence-electron chi connectivity index (χ3n) is 2.46. The van der Waals surface area contributed by atoms with E-state index in [0.29, 0.717) is 11.5 Å². The van der Waals surface area contributed by atoms with Gasteiger partial charge in [-0.1, -0.05) is 0 Å². The summed E-state index contributed by atoms with van der Waals surface area (Å²) in [6.45, 7) is -0.0759. The lowest BCUT2D eigenvalue weighted by Gasteiger charge is -2.15. The summed E-state index contributed by atoms with van der Waals surface area (Å²) < 4.78 is 0. The number of aliphatic carboxylic acids is 1. The van der Waals surface area contributed by atoms with Gasteiger partial charge in [0.15, 0.2) is 0 Å². The average molecular weight is 231 g/mol. The van der Waals surface area contributed by atoms with Crippen LogP contribution in [0.25, 0.3) is 10.9 Å². The molecule has 0 atom stereocenters. The Morgan fingerprint density at radius 3 is 2.88 bits per heavy atom. The van der Waals surface area contributed by atoms with Crippen LogP contribution in [0.5, 0.6) is 0 Å². The summed E-state index contributed by atoms with van der Waals surface area (Å²) in [5.74, 6) is -0.253. The lowest BCUT2D eigenvalue weighted by atomic mass is 10.2. The molecule has 1 aromatic heterocycles. The van der Waals surface area contributed by atoms with E-state index in [-0.39, 0.29) is 6.54 Å². The van der Waals surface area contributed by atoms with Crippen molar-refractivity contribution in [1.29, 1.82) is 0 Å². The maximum Gasteiger partial charge on any atom is 0.323 e. The van der Waals surface area contributed by atoms with Gasteiger partial charge in [0.2, 0.25) is 0 Å². The molecule has 0 aliphatic carbocycles. The zero-order valence-electron chi connectivity index (χ0n) is 9.42. The Morgan fingerprint density at radius 2 is 2.18 bits per heavy atom. The third-order valence-corrected chi connectivity index (χ3v) is 2.46. The molecule has 0 unspecified atom stereocenters. The van der Waals surface area contributed by atoms with Crippen LogP contribution in [0.2, 0.25) is 0 Å². The summed E-state index contributed by atoms with van der Waals surface area (Å²) in [7, 11) is 1.69. The second kappa shape index (κ2) is 4.29. The molecule has 0 saturated carbocycles. The molecular formula is C12H13N3O2. The lowest BCUT2D eigenvalue weighted by molar-refractivity contribution is -0.135. The minimum absolute atomic E-state index is 0.0759. The minimum atomic E-state index is -0.883. The van der Waals surface area contributed by atoms with E-state index in [4.69, 9.17) is 10.8 Å². The molecule has 0 fully saturated rings. The fourth-order valence-electron chi connectivity index (χ4n) is 1.63. The Morgan fingerprint density at radius 1 is 1.41 bits per heavy atom. The van der Waals surface area contributed by atoms with Crippen LogP contribution in [0.15, 0.2) is 30.3 Å². The number of carboxylic acid groups (broad SMARTS) is 1. The van der Waals surface area contributed by atoms with Gasteiger partial charge in [-0.25, -0.2) is 4.98 Å². The molecule has 2 rings (SSSR count). The summed E-state index contributed by atoms with van der Waals surface area (Å²) in [4.78, 5) is 16.6. The van der Waals surface area contributed by atoms with Crippen molar-refractivity contribution >= 4 is 28.4 Å². The second-order valence-corrected chi connectivity index (χ2v) is 3.87. The van der Waals surface area contributed by atoms with Gasteiger partial charge in [0, 0.05) is 18.1 Å². The molecule has 0 radical (unpaired) electrons. The Balaban J connectivity index is 2.37. The first kappa shape index (κ1) is 11.2. The topological polar surface area (TPSA) is 79.5 Å². The average Bonchev–Trinajstić information content (AvgIpc) is 2.27. The fourth-order valence-corrected chi connectivity index (χ4v) is 1.63. The van der Waals surface area contributed by atoms with Gasteiger partial charge in [0.05, 0.1) is 5.52 Å². The minimum Gasteiger partial charge on any atom is -0.480 e. The Bertz CT molecular complexity index is 569. The standard InChI is InChI=1S/C12H13N3O2/c1-15(7-12(16)17)11-5-2-8-6-9(13)3-4-10(8)14-11/h2-6H,7,13H2,1H3,(H,16,17). The molecule has 17 heavy (non-hydrogen) atoms. The predicted octanol–water partition coefficient (Wildman–Crippen LogP) is 1.34. The summed E-state index contributed by atoms with van der Waals surface area (Å²) in [6, 6.07) is 9.10. The van der Waals surface area contributed by atoms with E-state index >= 15 is 0 Å². The van der Waals surface area contributed by atoms with Gasteiger partial charge in [-0.15, -0.1) is 0 Å². The van der Waals surface area contributed by atoms with Gasteiger partial charge in [-0.05, 0) is 30.3 Å². The highest BCUT2D eigenvalue weighted by Crippen LogP contribution is 2.19. The first-order chi connectivity index (χ1) is 8.06. The molecule has 0 spiro atoms. The van der Waals surface area contributed by atoms with Crippen molar-refractivity contribution in [3.8, 4) is 0 Å². The second-order valence-electron chi connectivity index (χ2n) is 3.87. The zero-order chi connectivity index (χ0) is 12.4. The van der Waals surface area contributed by atoms with Gasteiger partial charge < -0.3 is 15.7 Å². The highest BCUT2D eigenvalue weighted by atomic mass is 16.4. The number of fused-ring (bicyclic) bond motifs is 1. The SMILES string of the molecule is CN(CC(=O)O)c1ccc2cc(N)ccc2n1. The molecule has 88 valence electrons. The molecule has 1 heterocycles. The highest BCUT2D eigenvalue weighted by molar-refractivity contribution is 5.83. The van der Waals surface area contributed by atoms with E-state index in [0.717, 1.165) is 10.9 Å². The van der Waals surface area contributed by atoms with E-state index in [2.05, 4.69) is 4.98 Å². The maximum atomic E-state index is 10.6. The molecule has 3 N–H and O–H groups in total. The molecule has 0 aliphatic heterocycles. The van der Waals surface area contributed by atoms with Crippen molar-refractivity contribution in [2.75, 3.05) is 24.2 Å². The van der Waals surface area contributed by atoms with Crippen LogP contribution in [0.1, 0.15) is 0 Å². The van der Waals surface area contributed by atoms with Crippen molar-refractivity contribution < 1.29 is 9.90 Å². The van der Waals surface area contributed by atoms with Crippen LogP contribution < -0.4 is 10.6 Å². The number of benzene rings is 1. The van der Waals surface area contributed by atoms with Crippen LogP contribution in [-0.2, 0) is 4.79 Å². The predicted molar refractivity (Wildman–Crippen MR) is 67.1 cm³/mol. The van der Waals surface area contributed by atoms with E-state index in [1.54, 1.807) is 24.1 Å². The number of carbonyl (C=O) groups is 1. The van der Waals surface area contributed by atoms with Crippen LogP contribution in [0.3, 0.4) is 0 Å². The fraction of sp³-hybridized carbons (Fsp3) is 0.167. The van der Waals surface area contributed by atoms with Gasteiger partial charge in [0.1, 0.15) is 12.4 Å². The Hall–Kier alpha value is -2.30. The summed E-state index contributed by atoms with van der Waals surface area (Å²) in [5.41, 5.74) is 7.16. The molecule has 0 bridgehead atoms. The van der Waals surface area contributed by atoms with Crippen molar-refractivity contribution in [3.63, 3.8) is 0 Å². The molecule has 5 nitrogen and oxygen atoms in total. The largest absolute Gasteiger partial charge is 0.480 e. The summed E-state index contributed by atoms with van der Waals surface area (Å²) >= 11 is 0. The highest BCUT2D eigenvalue weighted by Gasteiger charge is 2.07. The lowest BCUT2D eigenvalue weighted by Crippen LogP contribution is -2.25. The number of nitrogens with zero attached hydrogens (tertiary/aromatic N) is 2. The Labute approximate surface area is 98.5 Å². The van der Waals surface area contributed by atoms with Crippen LogP contribution in [0, 0.1) is 0 Å². The molecule has 2 aromatic rings.